The fraction of sp³-hybridized carbons (Fsp3) is 0.233. The Bertz CT molecular complexity index is 1630. The van der Waals surface area contributed by atoms with Crippen LogP contribution < -0.4 is 19.6 Å². The van der Waals surface area contributed by atoms with Crippen molar-refractivity contribution >= 4 is 34.7 Å². The van der Waals surface area contributed by atoms with Gasteiger partial charge >= 0.3 is 5.97 Å². The zero-order valence-corrected chi connectivity index (χ0v) is 23.1. The lowest BCUT2D eigenvalue weighted by molar-refractivity contribution is -0.140. The Kier molecular flexibility index (Phi) is 7.72. The molecule has 0 spiro atoms. The highest BCUT2D eigenvalue weighted by atomic mass is 32.1. The first kappa shape index (κ1) is 25.9. The number of allylic oxidation sites excluding steroid dienone is 1. The SMILES string of the molecule is CC1=C(C(=O)OCC(C)C)C(c2cccs2)n2c(sc(=Cc3ccc(OCc4ccccc4)cc3)c2=O)=N1. The fourth-order valence-corrected chi connectivity index (χ4v) is 6.04. The Hall–Kier alpha value is -3.75. The summed E-state index contributed by atoms with van der Waals surface area (Å²) in [5.74, 6) is 0.528. The van der Waals surface area contributed by atoms with Crippen molar-refractivity contribution in [2.24, 2.45) is 10.9 Å². The molecular formula is C30H28N2O4S2. The maximum atomic E-state index is 13.7. The number of carbonyl (C=O) groups is 1. The molecule has 1 unspecified atom stereocenters. The summed E-state index contributed by atoms with van der Waals surface area (Å²) in [5.41, 5.74) is 2.78. The summed E-state index contributed by atoms with van der Waals surface area (Å²) in [6, 6.07) is 20.9. The third kappa shape index (κ3) is 5.56. The van der Waals surface area contributed by atoms with Gasteiger partial charge in [-0.1, -0.05) is 73.7 Å². The molecule has 8 heteroatoms. The highest BCUT2D eigenvalue weighted by molar-refractivity contribution is 7.10. The van der Waals surface area contributed by atoms with E-state index in [2.05, 4.69) is 4.99 Å². The quantitative estimate of drug-likeness (QED) is 0.290. The van der Waals surface area contributed by atoms with E-state index in [9.17, 15) is 9.59 Å². The molecule has 194 valence electrons. The lowest BCUT2D eigenvalue weighted by Gasteiger charge is -2.23. The number of carbonyl (C=O) groups excluding carboxylic acids is 1. The largest absolute Gasteiger partial charge is 0.489 e. The van der Waals surface area contributed by atoms with Crippen LogP contribution >= 0.6 is 22.7 Å². The minimum atomic E-state index is -0.568. The first-order chi connectivity index (χ1) is 18.4. The number of thiophene rings is 1. The lowest BCUT2D eigenvalue weighted by atomic mass is 10.0. The van der Waals surface area contributed by atoms with Gasteiger partial charge < -0.3 is 9.47 Å². The van der Waals surface area contributed by atoms with E-state index in [0.29, 0.717) is 33.8 Å². The zero-order valence-electron chi connectivity index (χ0n) is 21.4. The smallest absolute Gasteiger partial charge is 0.338 e. The van der Waals surface area contributed by atoms with Gasteiger partial charge in [0.05, 0.1) is 22.4 Å². The first-order valence-electron chi connectivity index (χ1n) is 12.4. The number of thiazole rings is 1. The number of ether oxygens (including phenoxy) is 2. The van der Waals surface area contributed by atoms with E-state index in [-0.39, 0.29) is 11.5 Å². The van der Waals surface area contributed by atoms with Gasteiger partial charge in [-0.05, 0) is 53.6 Å². The highest BCUT2D eigenvalue weighted by Crippen LogP contribution is 2.33. The van der Waals surface area contributed by atoms with Crippen molar-refractivity contribution in [3.05, 3.63) is 119 Å². The van der Waals surface area contributed by atoms with Gasteiger partial charge in [-0.2, -0.15) is 0 Å². The van der Waals surface area contributed by atoms with Crippen molar-refractivity contribution in [3.8, 4) is 5.75 Å². The van der Waals surface area contributed by atoms with E-state index in [0.717, 1.165) is 21.8 Å². The van der Waals surface area contributed by atoms with Crippen molar-refractivity contribution in [1.82, 2.24) is 4.57 Å². The maximum Gasteiger partial charge on any atom is 0.338 e. The maximum absolute atomic E-state index is 13.7. The van der Waals surface area contributed by atoms with Crippen LogP contribution in [0.2, 0.25) is 0 Å². The van der Waals surface area contributed by atoms with Gasteiger partial charge in [0.15, 0.2) is 4.80 Å². The number of hydrogen-bond acceptors (Lipinski definition) is 7. The van der Waals surface area contributed by atoms with Crippen LogP contribution in [0.3, 0.4) is 0 Å². The number of benzene rings is 2. The molecule has 6 nitrogen and oxygen atoms in total. The van der Waals surface area contributed by atoms with E-state index in [4.69, 9.17) is 9.47 Å². The summed E-state index contributed by atoms with van der Waals surface area (Å²) in [5, 5.41) is 1.94. The summed E-state index contributed by atoms with van der Waals surface area (Å²) in [6.07, 6.45) is 1.85. The first-order valence-corrected chi connectivity index (χ1v) is 14.1. The predicted molar refractivity (Wildman–Crippen MR) is 151 cm³/mol. The predicted octanol–water partition coefficient (Wildman–Crippen LogP) is 5.07. The van der Waals surface area contributed by atoms with E-state index < -0.39 is 12.0 Å². The number of hydrogen-bond donors (Lipinski definition) is 0. The van der Waals surface area contributed by atoms with Gasteiger partial charge in [0.2, 0.25) is 0 Å². The summed E-state index contributed by atoms with van der Waals surface area (Å²) >= 11 is 2.82. The summed E-state index contributed by atoms with van der Waals surface area (Å²) in [4.78, 5) is 32.9. The van der Waals surface area contributed by atoms with Crippen LogP contribution in [0.25, 0.3) is 6.08 Å². The van der Waals surface area contributed by atoms with Crippen molar-refractivity contribution in [1.29, 1.82) is 0 Å². The van der Waals surface area contributed by atoms with E-state index in [1.54, 1.807) is 11.5 Å². The molecule has 2 aromatic heterocycles. The van der Waals surface area contributed by atoms with Gasteiger partial charge in [0.1, 0.15) is 18.4 Å². The van der Waals surface area contributed by atoms with Crippen LogP contribution in [0, 0.1) is 5.92 Å². The molecule has 0 bridgehead atoms. The molecule has 1 aliphatic rings. The summed E-state index contributed by atoms with van der Waals surface area (Å²) in [6.45, 7) is 6.58. The highest BCUT2D eigenvalue weighted by Gasteiger charge is 2.34. The van der Waals surface area contributed by atoms with Crippen LogP contribution in [0.5, 0.6) is 5.75 Å². The van der Waals surface area contributed by atoms with Crippen LogP contribution in [0.1, 0.15) is 42.8 Å². The van der Waals surface area contributed by atoms with Crippen molar-refractivity contribution in [2.45, 2.75) is 33.4 Å². The van der Waals surface area contributed by atoms with Crippen LogP contribution in [-0.2, 0) is 16.1 Å². The van der Waals surface area contributed by atoms with Crippen LogP contribution in [0.15, 0.2) is 93.2 Å². The minimum Gasteiger partial charge on any atom is -0.489 e. The number of aromatic nitrogens is 1. The molecule has 0 saturated carbocycles. The average Bonchev–Trinajstić information content (AvgIpc) is 3.55. The van der Waals surface area contributed by atoms with Gasteiger partial charge in [0.25, 0.3) is 5.56 Å². The van der Waals surface area contributed by atoms with Gasteiger partial charge in [-0.15, -0.1) is 11.3 Å². The van der Waals surface area contributed by atoms with Gasteiger partial charge in [-0.25, -0.2) is 9.79 Å². The second kappa shape index (κ2) is 11.3. The van der Waals surface area contributed by atoms with Crippen molar-refractivity contribution in [2.75, 3.05) is 6.61 Å². The minimum absolute atomic E-state index is 0.182. The molecule has 0 fully saturated rings. The fourth-order valence-electron chi connectivity index (χ4n) is 4.17. The third-order valence-electron chi connectivity index (χ3n) is 6.03. The molecule has 3 heterocycles. The standard InChI is InChI=1S/C30H28N2O4S2/c1-19(2)17-36-29(34)26-20(3)31-30-32(27(26)24-10-7-15-37-24)28(33)25(38-30)16-21-11-13-23(14-12-21)35-18-22-8-5-4-6-9-22/h4-16,19,27H,17-18H2,1-3H3. The second-order valence-corrected chi connectivity index (χ2v) is 11.4. The molecule has 4 aromatic rings. The molecule has 1 aliphatic heterocycles. The van der Waals surface area contributed by atoms with Crippen molar-refractivity contribution < 1.29 is 14.3 Å². The van der Waals surface area contributed by atoms with E-state index in [1.165, 1.54) is 22.7 Å². The number of esters is 1. The zero-order chi connectivity index (χ0) is 26.6. The monoisotopic (exact) mass is 544 g/mol. The molecule has 0 amide bonds. The Balaban J connectivity index is 1.46. The molecule has 0 N–H and O–H groups in total. The molecular weight excluding hydrogens is 516 g/mol. The van der Waals surface area contributed by atoms with E-state index >= 15 is 0 Å². The topological polar surface area (TPSA) is 69.9 Å². The van der Waals surface area contributed by atoms with Gasteiger partial charge in [-0.3, -0.25) is 9.36 Å². The molecule has 5 rings (SSSR count). The summed E-state index contributed by atoms with van der Waals surface area (Å²) < 4.78 is 13.6. The number of nitrogens with zero attached hydrogens (tertiary/aromatic N) is 2. The Morgan fingerprint density at radius 2 is 1.84 bits per heavy atom. The Morgan fingerprint density at radius 3 is 2.53 bits per heavy atom. The molecule has 1 atom stereocenters. The number of rotatable bonds is 8. The number of fused-ring (bicyclic) bond motifs is 1. The van der Waals surface area contributed by atoms with Gasteiger partial charge in [0, 0.05) is 4.88 Å². The Morgan fingerprint density at radius 1 is 1.08 bits per heavy atom. The normalized spacial score (nSPS) is 15.4. The third-order valence-corrected chi connectivity index (χ3v) is 7.94. The average molecular weight is 545 g/mol. The van der Waals surface area contributed by atoms with Crippen molar-refractivity contribution in [3.63, 3.8) is 0 Å². The molecule has 0 aliphatic carbocycles. The van der Waals surface area contributed by atoms with E-state index in [1.807, 2.05) is 92.0 Å². The lowest BCUT2D eigenvalue weighted by Crippen LogP contribution is -2.39. The molecule has 38 heavy (non-hydrogen) atoms. The van der Waals surface area contributed by atoms with Crippen LogP contribution in [-0.4, -0.2) is 17.1 Å². The second-order valence-electron chi connectivity index (χ2n) is 9.43. The molecule has 0 saturated heterocycles. The molecule has 0 radical (unpaired) electrons. The summed E-state index contributed by atoms with van der Waals surface area (Å²) in [7, 11) is 0. The van der Waals surface area contributed by atoms with Crippen LogP contribution in [0.4, 0.5) is 0 Å². The Labute approximate surface area is 228 Å². The molecule has 2 aromatic carbocycles.